The third-order valence-electron chi connectivity index (χ3n) is 0. The van der Waals surface area contributed by atoms with Crippen LogP contribution in [0, 0.1) is 0 Å². The molecule has 0 fully saturated rings. The molecule has 0 aromatic carbocycles. The Morgan fingerprint density at radius 2 is 0.429 bits per heavy atom. The molecule has 0 aromatic heterocycles. The number of hydrogen-bond acceptors (Lipinski definition) is 9. The molecular formula is H2CaI4O9. The Balaban J connectivity index is -0.0000000270. The molecule has 0 aromatic rings. The fourth-order valence-corrected chi connectivity index (χ4v) is 0. The van der Waals surface area contributed by atoms with Crippen molar-refractivity contribution in [1.29, 1.82) is 0 Å². The third kappa shape index (κ3) is 238. The van der Waals surface area contributed by atoms with Crippen LogP contribution in [0.3, 0.4) is 0 Å². The minimum absolute atomic E-state index is 0. The molecule has 0 amide bonds. The number of halogens is 4. The van der Waals surface area contributed by atoms with E-state index in [1.165, 1.54) is 0 Å². The van der Waals surface area contributed by atoms with Crippen LogP contribution in [0.15, 0.2) is 0 Å². The van der Waals surface area contributed by atoms with Gasteiger partial charge in [0.05, 0.1) is 0 Å². The van der Waals surface area contributed by atoms with Gasteiger partial charge in [-0.25, -0.2) is 0 Å². The summed E-state index contributed by atoms with van der Waals surface area (Å²) in [6.07, 6.45) is 0. The van der Waals surface area contributed by atoms with Crippen molar-refractivity contribution in [3.8, 4) is 0 Å². The smallest absolute Gasteiger partial charge is 0.427 e. The molecule has 9 nitrogen and oxygen atoms in total. The molecule has 86 valence electrons. The predicted octanol–water partition coefficient (Wildman–Crippen LogP) is -23.6. The molecule has 0 aliphatic rings. The van der Waals surface area contributed by atoms with Gasteiger partial charge < -0.3 is 30.9 Å². The van der Waals surface area contributed by atoms with Gasteiger partial charge in [0.1, 0.15) is 0 Å². The Morgan fingerprint density at radius 1 is 0.429 bits per heavy atom. The first-order valence-corrected chi connectivity index (χ1v) is 9.32. The van der Waals surface area contributed by atoms with Crippen molar-refractivity contribution in [3.05, 3.63) is 0 Å². The van der Waals surface area contributed by atoms with E-state index in [-0.39, 0.29) is 61.7 Å². The minimum Gasteiger partial charge on any atom is -0.427 e. The summed E-state index contributed by atoms with van der Waals surface area (Å²) in [7, 11) is 0. The minimum atomic E-state index is -4.01. The van der Waals surface area contributed by atoms with Crippen LogP contribution >= 0.6 is 0 Å². The standard InChI is InChI=1S/Ca.3IO3.H2I/c;3*2-1(3)4;/h;;;;1H2/q+2;3*-1;+1. The Hall–Kier alpha value is 3.82. The Labute approximate surface area is 152 Å². The molecule has 0 aliphatic carbocycles. The van der Waals surface area contributed by atoms with Crippen molar-refractivity contribution in [2.24, 2.45) is 0 Å². The second-order valence-corrected chi connectivity index (χ2v) is 3.80. The van der Waals surface area contributed by atoms with Gasteiger partial charge in [0, 0.05) is 0 Å². The van der Waals surface area contributed by atoms with Crippen LogP contribution in [0.1, 0.15) is 0 Å². The summed E-state index contributed by atoms with van der Waals surface area (Å²) in [5.74, 6) is 0. The van der Waals surface area contributed by atoms with Gasteiger partial charge in [0.2, 0.25) is 24.0 Å². The fraction of sp³-hybridized carbons (Fsp3) is 0. The van der Waals surface area contributed by atoms with Crippen molar-refractivity contribution < 1.29 is 118 Å². The molecule has 0 bridgehead atoms. The van der Waals surface area contributed by atoms with Crippen LogP contribution < -0.4 is 118 Å². The van der Waals surface area contributed by atoms with Gasteiger partial charge in [-0.2, -0.15) is 0 Å². The summed E-state index contributed by atoms with van der Waals surface area (Å²) in [4.78, 5) is 0. The maximum atomic E-state index is 8.57. The normalized spacial score (nSPS) is 7.71. The molecule has 0 radical (unpaired) electrons. The van der Waals surface area contributed by atoms with Crippen LogP contribution in [0.4, 0.5) is 0 Å². The van der Waals surface area contributed by atoms with Crippen LogP contribution in [0.5, 0.6) is 0 Å². The largest absolute Gasteiger partial charge is 2.00 e. The third-order valence-corrected chi connectivity index (χ3v) is 0. The predicted molar refractivity (Wildman–Crippen MR) is 8.54 cm³/mol. The Kier molecular flexibility index (Phi) is 56.1. The monoisotopic (exact) mass is 694 g/mol. The van der Waals surface area contributed by atoms with E-state index in [9.17, 15) is 0 Å². The van der Waals surface area contributed by atoms with Crippen LogP contribution in [-0.4, -0.2) is 37.7 Å². The zero-order valence-electron chi connectivity index (χ0n) is 5.96. The van der Waals surface area contributed by atoms with Gasteiger partial charge in [0.15, 0.2) is 0 Å². The fourth-order valence-electron chi connectivity index (χ4n) is 0. The maximum absolute atomic E-state index is 8.57. The first-order chi connectivity index (χ1) is 5.20. The molecule has 0 saturated carbocycles. The maximum Gasteiger partial charge on any atom is 2.00 e. The van der Waals surface area contributed by atoms with E-state index in [1.54, 1.807) is 0 Å². The Morgan fingerprint density at radius 3 is 0.429 bits per heavy atom. The first-order valence-electron chi connectivity index (χ1n) is 1.39. The van der Waals surface area contributed by atoms with E-state index in [1.807, 2.05) is 0 Å². The van der Waals surface area contributed by atoms with E-state index in [2.05, 4.69) is 0 Å². The van der Waals surface area contributed by atoms with Crippen LogP contribution in [0.25, 0.3) is 0 Å². The summed E-state index contributed by atoms with van der Waals surface area (Å²) in [6, 6.07) is 0. The molecule has 0 rings (SSSR count). The molecule has 0 aliphatic heterocycles. The molecule has 14 heteroatoms. The molecule has 14 heavy (non-hydrogen) atoms. The van der Waals surface area contributed by atoms with Gasteiger partial charge in [-0.3, -0.25) is 0 Å². The van der Waals surface area contributed by atoms with Crippen LogP contribution in [-0.2, 0) is 0 Å². The summed E-state index contributed by atoms with van der Waals surface area (Å²) < 4.78 is 77.2. The molecule has 0 unspecified atom stereocenters. The van der Waals surface area contributed by atoms with E-state index in [0.29, 0.717) is 0 Å². The van der Waals surface area contributed by atoms with Gasteiger partial charge >= 0.3 is 37.7 Å². The average molecular weight is 694 g/mol. The number of hydrogen-bond donors (Lipinski definition) is 0. The van der Waals surface area contributed by atoms with Crippen molar-refractivity contribution in [2.75, 3.05) is 0 Å². The van der Waals surface area contributed by atoms with E-state index in [0.717, 1.165) is 0 Å². The zero-order chi connectivity index (χ0) is 10.7. The second kappa shape index (κ2) is 25.6. The second-order valence-electron chi connectivity index (χ2n) is 0.567. The van der Waals surface area contributed by atoms with E-state index in [4.69, 9.17) is 30.9 Å². The number of rotatable bonds is 0. The zero-order valence-corrected chi connectivity index (χ0v) is 17.2. The molecule has 0 heterocycles. The first kappa shape index (κ1) is 30.7. The summed E-state index contributed by atoms with van der Waals surface area (Å²) in [6.45, 7) is 0. The van der Waals surface area contributed by atoms with Crippen molar-refractivity contribution in [1.82, 2.24) is 0 Å². The summed E-state index contributed by atoms with van der Waals surface area (Å²) >= 11 is -12.0. The Bertz CT molecular complexity index is 45.3. The average Bonchev–Trinajstić information content (AvgIpc) is 1.54. The van der Waals surface area contributed by atoms with Crippen molar-refractivity contribution in [2.45, 2.75) is 0 Å². The van der Waals surface area contributed by atoms with Gasteiger partial charge in [-0.15, -0.1) is 0 Å². The van der Waals surface area contributed by atoms with Gasteiger partial charge in [-0.1, -0.05) is 0 Å². The van der Waals surface area contributed by atoms with Gasteiger partial charge in [0.25, 0.3) is 63.2 Å². The van der Waals surface area contributed by atoms with Crippen molar-refractivity contribution in [3.63, 3.8) is 0 Å². The topological polar surface area (TPSA) is 208 Å². The van der Waals surface area contributed by atoms with E-state index < -0.39 is 63.2 Å². The van der Waals surface area contributed by atoms with Gasteiger partial charge in [-0.05, 0) is 0 Å². The molecule has 0 atom stereocenters. The molecule has 0 N–H and O–H groups in total. The molecule has 0 spiro atoms. The van der Waals surface area contributed by atoms with E-state index >= 15 is 0 Å². The summed E-state index contributed by atoms with van der Waals surface area (Å²) in [5, 5.41) is 0. The SMILES string of the molecule is [Ca+2].[IH2+].[O-][I+2]([O-])[O-].[O-][I+2]([O-])[O-].[O-][I+2]([O-])[O-]. The van der Waals surface area contributed by atoms with Crippen molar-refractivity contribution >= 4 is 37.7 Å². The quantitative estimate of drug-likeness (QED) is 0.174. The summed E-state index contributed by atoms with van der Waals surface area (Å²) in [5.41, 5.74) is 0. The molecular weight excluding hydrogens is 692 g/mol. The molecule has 0 saturated heterocycles. The van der Waals surface area contributed by atoms with Crippen LogP contribution in [0.2, 0.25) is 0 Å².